The summed E-state index contributed by atoms with van der Waals surface area (Å²) in [5.41, 5.74) is 5.50. The Bertz CT molecular complexity index is 393. The first-order valence-corrected chi connectivity index (χ1v) is 5.60. The topological polar surface area (TPSA) is 100 Å². The number of esters is 1. The SMILES string of the molecule is CCOC(=O)c1noc(C2CCC(CN)O2)n1. The highest BCUT2D eigenvalue weighted by molar-refractivity contribution is 5.84. The Hall–Kier alpha value is -1.47. The van der Waals surface area contributed by atoms with Crippen LogP contribution < -0.4 is 5.73 Å². The van der Waals surface area contributed by atoms with E-state index in [-0.39, 0.29) is 24.6 Å². The normalized spacial score (nSPS) is 23.9. The van der Waals surface area contributed by atoms with Gasteiger partial charge in [0.2, 0.25) is 0 Å². The minimum absolute atomic E-state index is 0.0259. The second-order valence-corrected chi connectivity index (χ2v) is 3.74. The Balaban J connectivity index is 2.01. The molecule has 2 unspecified atom stereocenters. The highest BCUT2D eigenvalue weighted by atomic mass is 16.6. The fraction of sp³-hybridized carbons (Fsp3) is 0.700. The summed E-state index contributed by atoms with van der Waals surface area (Å²) < 4.78 is 15.3. The molecule has 0 amide bonds. The van der Waals surface area contributed by atoms with E-state index in [4.69, 9.17) is 19.7 Å². The molecule has 0 radical (unpaired) electrons. The quantitative estimate of drug-likeness (QED) is 0.762. The van der Waals surface area contributed by atoms with Crippen molar-refractivity contribution in [3.63, 3.8) is 0 Å². The maximum atomic E-state index is 11.3. The molecule has 1 aliphatic rings. The number of ether oxygens (including phenoxy) is 2. The lowest BCUT2D eigenvalue weighted by Gasteiger charge is -2.07. The molecule has 1 saturated heterocycles. The van der Waals surface area contributed by atoms with Gasteiger partial charge in [-0.3, -0.25) is 0 Å². The van der Waals surface area contributed by atoms with E-state index in [9.17, 15) is 4.79 Å². The zero-order valence-electron chi connectivity index (χ0n) is 9.59. The molecule has 0 aliphatic carbocycles. The van der Waals surface area contributed by atoms with Gasteiger partial charge in [0.15, 0.2) is 0 Å². The highest BCUT2D eigenvalue weighted by Crippen LogP contribution is 2.31. The van der Waals surface area contributed by atoms with Gasteiger partial charge in [-0.2, -0.15) is 4.98 Å². The van der Waals surface area contributed by atoms with Gasteiger partial charge in [0, 0.05) is 6.54 Å². The summed E-state index contributed by atoms with van der Waals surface area (Å²) in [4.78, 5) is 15.3. The van der Waals surface area contributed by atoms with Crippen LogP contribution in [-0.4, -0.2) is 35.4 Å². The second-order valence-electron chi connectivity index (χ2n) is 3.74. The van der Waals surface area contributed by atoms with E-state index >= 15 is 0 Å². The summed E-state index contributed by atoms with van der Waals surface area (Å²) in [6.07, 6.45) is 1.39. The van der Waals surface area contributed by atoms with Crippen molar-refractivity contribution < 1.29 is 18.8 Å². The van der Waals surface area contributed by atoms with Gasteiger partial charge in [0.05, 0.1) is 12.7 Å². The highest BCUT2D eigenvalue weighted by Gasteiger charge is 2.30. The summed E-state index contributed by atoms with van der Waals surface area (Å²) >= 11 is 0. The van der Waals surface area contributed by atoms with Crippen LogP contribution in [0.25, 0.3) is 0 Å². The lowest BCUT2D eigenvalue weighted by molar-refractivity contribution is 0.0306. The summed E-state index contributed by atoms with van der Waals surface area (Å²) in [5.74, 6) is -0.346. The fourth-order valence-electron chi connectivity index (χ4n) is 1.71. The Morgan fingerprint density at radius 1 is 1.59 bits per heavy atom. The van der Waals surface area contributed by atoms with Crippen LogP contribution in [0, 0.1) is 0 Å². The molecule has 2 heterocycles. The smallest absolute Gasteiger partial charge is 0.379 e. The third-order valence-electron chi connectivity index (χ3n) is 2.55. The number of hydrogen-bond acceptors (Lipinski definition) is 7. The molecule has 0 saturated carbocycles. The van der Waals surface area contributed by atoms with E-state index in [2.05, 4.69) is 10.1 Å². The van der Waals surface area contributed by atoms with Crippen molar-refractivity contribution >= 4 is 5.97 Å². The van der Waals surface area contributed by atoms with Crippen molar-refractivity contribution in [2.45, 2.75) is 32.0 Å². The average Bonchev–Trinajstić information content (AvgIpc) is 2.98. The van der Waals surface area contributed by atoms with Crippen LogP contribution in [-0.2, 0) is 9.47 Å². The molecule has 94 valence electrons. The zero-order chi connectivity index (χ0) is 12.3. The zero-order valence-corrected chi connectivity index (χ0v) is 9.59. The second kappa shape index (κ2) is 5.24. The number of carbonyl (C=O) groups excluding carboxylic acids is 1. The monoisotopic (exact) mass is 241 g/mol. The van der Waals surface area contributed by atoms with Crippen LogP contribution in [0.15, 0.2) is 4.52 Å². The molecular formula is C10H15N3O4. The average molecular weight is 241 g/mol. The predicted octanol–water partition coefficient (Wildman–Crippen LogP) is 0.425. The lowest BCUT2D eigenvalue weighted by Crippen LogP contribution is -2.18. The molecule has 0 spiro atoms. The third-order valence-corrected chi connectivity index (χ3v) is 2.55. The largest absolute Gasteiger partial charge is 0.460 e. The van der Waals surface area contributed by atoms with Gasteiger partial charge in [-0.15, -0.1) is 0 Å². The summed E-state index contributed by atoms with van der Waals surface area (Å²) in [5, 5.41) is 3.56. The lowest BCUT2D eigenvalue weighted by atomic mass is 10.2. The molecular weight excluding hydrogens is 226 g/mol. The van der Waals surface area contributed by atoms with E-state index < -0.39 is 5.97 Å². The molecule has 1 aromatic rings. The van der Waals surface area contributed by atoms with Crippen LogP contribution in [0.3, 0.4) is 0 Å². The van der Waals surface area contributed by atoms with Gasteiger partial charge >= 0.3 is 5.97 Å². The van der Waals surface area contributed by atoms with Crippen LogP contribution >= 0.6 is 0 Å². The van der Waals surface area contributed by atoms with Crippen molar-refractivity contribution in [1.82, 2.24) is 10.1 Å². The molecule has 2 N–H and O–H groups in total. The molecule has 1 fully saturated rings. The number of rotatable bonds is 4. The Labute approximate surface area is 98.3 Å². The molecule has 2 atom stereocenters. The van der Waals surface area contributed by atoms with Crippen molar-refractivity contribution in [3.05, 3.63) is 11.7 Å². The standard InChI is InChI=1S/C10H15N3O4/c1-2-15-10(14)8-12-9(17-13-8)7-4-3-6(5-11)16-7/h6-7H,2-5,11H2,1H3. The first kappa shape index (κ1) is 12.0. The third kappa shape index (κ3) is 2.62. The number of nitrogens with two attached hydrogens (primary N) is 1. The number of aromatic nitrogens is 2. The summed E-state index contributed by atoms with van der Waals surface area (Å²) in [6.45, 7) is 2.46. The van der Waals surface area contributed by atoms with Gasteiger partial charge in [-0.1, -0.05) is 0 Å². The number of hydrogen-bond donors (Lipinski definition) is 1. The van der Waals surface area contributed by atoms with Gasteiger partial charge in [0.1, 0.15) is 6.10 Å². The van der Waals surface area contributed by atoms with Crippen LogP contribution in [0.1, 0.15) is 42.4 Å². The Morgan fingerprint density at radius 2 is 2.41 bits per heavy atom. The van der Waals surface area contributed by atoms with Crippen LogP contribution in [0.5, 0.6) is 0 Å². The fourth-order valence-corrected chi connectivity index (χ4v) is 1.71. The summed E-state index contributed by atoms with van der Waals surface area (Å²) in [7, 11) is 0. The van der Waals surface area contributed by atoms with Gasteiger partial charge < -0.3 is 19.7 Å². The van der Waals surface area contributed by atoms with Crippen molar-refractivity contribution in [1.29, 1.82) is 0 Å². The predicted molar refractivity (Wildman–Crippen MR) is 56.2 cm³/mol. The van der Waals surface area contributed by atoms with Crippen LogP contribution in [0.4, 0.5) is 0 Å². The minimum atomic E-state index is -0.587. The van der Waals surface area contributed by atoms with Gasteiger partial charge in [0.25, 0.3) is 11.7 Å². The molecule has 1 aromatic heterocycles. The van der Waals surface area contributed by atoms with Gasteiger partial charge in [-0.05, 0) is 24.9 Å². The molecule has 1 aliphatic heterocycles. The van der Waals surface area contributed by atoms with Crippen molar-refractivity contribution in [3.8, 4) is 0 Å². The molecule has 0 bridgehead atoms. The van der Waals surface area contributed by atoms with Gasteiger partial charge in [-0.25, -0.2) is 4.79 Å². The number of carbonyl (C=O) groups is 1. The van der Waals surface area contributed by atoms with E-state index in [1.54, 1.807) is 6.92 Å². The van der Waals surface area contributed by atoms with E-state index in [1.165, 1.54) is 0 Å². The number of nitrogens with zero attached hydrogens (tertiary/aromatic N) is 2. The van der Waals surface area contributed by atoms with E-state index in [0.717, 1.165) is 12.8 Å². The van der Waals surface area contributed by atoms with E-state index in [1.807, 2.05) is 0 Å². The first-order chi connectivity index (χ1) is 8.24. The Morgan fingerprint density at radius 3 is 3.06 bits per heavy atom. The van der Waals surface area contributed by atoms with Crippen molar-refractivity contribution in [2.75, 3.05) is 13.2 Å². The summed E-state index contributed by atoms with van der Waals surface area (Å²) in [6, 6.07) is 0. The minimum Gasteiger partial charge on any atom is -0.460 e. The molecule has 17 heavy (non-hydrogen) atoms. The molecule has 7 heteroatoms. The maximum Gasteiger partial charge on any atom is 0.379 e. The molecule has 7 nitrogen and oxygen atoms in total. The Kier molecular flexibility index (Phi) is 3.70. The molecule has 2 rings (SSSR count). The first-order valence-electron chi connectivity index (χ1n) is 5.60. The van der Waals surface area contributed by atoms with Crippen LogP contribution in [0.2, 0.25) is 0 Å². The van der Waals surface area contributed by atoms with E-state index in [0.29, 0.717) is 12.4 Å². The maximum absolute atomic E-state index is 11.3. The van der Waals surface area contributed by atoms with Crippen molar-refractivity contribution in [2.24, 2.45) is 5.73 Å². The molecule has 0 aromatic carbocycles.